The first-order valence-corrected chi connectivity index (χ1v) is 10.5. The molecule has 3 aromatic carbocycles. The average molecular weight is 437 g/mol. The number of anilines is 1. The smallest absolute Gasteiger partial charge is 0.338 e. The van der Waals surface area contributed by atoms with Crippen LogP contribution in [0.3, 0.4) is 0 Å². The zero-order valence-electron chi connectivity index (χ0n) is 15.9. The van der Waals surface area contributed by atoms with Gasteiger partial charge in [0, 0.05) is 23.4 Å². The van der Waals surface area contributed by atoms with Gasteiger partial charge in [0.15, 0.2) is 5.84 Å². The van der Waals surface area contributed by atoms with Gasteiger partial charge in [0.1, 0.15) is 11.5 Å². The number of amidine groups is 1. The van der Waals surface area contributed by atoms with Crippen molar-refractivity contribution in [3.8, 4) is 0 Å². The van der Waals surface area contributed by atoms with Crippen molar-refractivity contribution in [2.75, 3.05) is 5.32 Å². The second kappa shape index (κ2) is 8.00. The summed E-state index contributed by atoms with van der Waals surface area (Å²) in [6.07, 6.45) is 0. The fourth-order valence-electron chi connectivity index (χ4n) is 3.01. The normalized spacial score (nSPS) is 13.7. The van der Waals surface area contributed by atoms with E-state index >= 15 is 0 Å². The van der Waals surface area contributed by atoms with Gasteiger partial charge in [0.25, 0.3) is 15.7 Å². The molecule has 0 atom stereocenters. The molecule has 3 aromatic rings. The lowest BCUT2D eigenvalue weighted by molar-refractivity contribution is -0.384. The molecule has 0 bridgehead atoms. The maximum Gasteiger partial charge on any atom is 0.338 e. The van der Waals surface area contributed by atoms with Crippen LogP contribution < -0.4 is 5.32 Å². The van der Waals surface area contributed by atoms with Crippen LogP contribution in [0.25, 0.3) is 0 Å². The third-order valence-corrected chi connectivity index (χ3v) is 5.84. The van der Waals surface area contributed by atoms with Crippen LogP contribution in [0.15, 0.2) is 82.1 Å². The molecule has 156 valence electrons. The summed E-state index contributed by atoms with van der Waals surface area (Å²) in [4.78, 5) is 22.7. The average Bonchev–Trinajstić information content (AvgIpc) is 3.03. The van der Waals surface area contributed by atoms with E-state index in [-0.39, 0.29) is 28.6 Å². The van der Waals surface area contributed by atoms with Gasteiger partial charge >= 0.3 is 5.97 Å². The molecule has 0 spiro atoms. The van der Waals surface area contributed by atoms with E-state index in [1.807, 2.05) is 0 Å². The molecule has 0 saturated heterocycles. The molecule has 0 aliphatic carbocycles. The summed E-state index contributed by atoms with van der Waals surface area (Å²) in [7, 11) is -3.73. The van der Waals surface area contributed by atoms with Gasteiger partial charge in [0.2, 0.25) is 0 Å². The zero-order valence-corrected chi connectivity index (χ0v) is 16.7. The van der Waals surface area contributed by atoms with E-state index in [2.05, 4.69) is 9.71 Å². The predicted molar refractivity (Wildman–Crippen MR) is 112 cm³/mol. The van der Waals surface area contributed by atoms with Crippen molar-refractivity contribution >= 4 is 33.2 Å². The molecule has 10 heteroatoms. The third-order valence-electron chi connectivity index (χ3n) is 4.51. The first-order chi connectivity index (χ1) is 14.8. The van der Waals surface area contributed by atoms with Crippen molar-refractivity contribution < 1.29 is 22.9 Å². The molecule has 9 nitrogen and oxygen atoms in total. The van der Waals surface area contributed by atoms with Crippen molar-refractivity contribution in [1.82, 2.24) is 0 Å². The van der Waals surface area contributed by atoms with Crippen LogP contribution in [-0.2, 0) is 21.4 Å². The van der Waals surface area contributed by atoms with Gasteiger partial charge in [0.05, 0.1) is 10.5 Å². The highest BCUT2D eigenvalue weighted by Gasteiger charge is 2.28. The van der Waals surface area contributed by atoms with Crippen LogP contribution in [0, 0.1) is 10.1 Å². The van der Waals surface area contributed by atoms with Crippen molar-refractivity contribution in [2.24, 2.45) is 4.40 Å². The molecule has 0 amide bonds. The van der Waals surface area contributed by atoms with E-state index in [4.69, 9.17) is 4.74 Å². The number of nitrogens with zero attached hydrogens (tertiary/aromatic N) is 2. The topological polar surface area (TPSA) is 128 Å². The molecule has 1 N–H and O–H groups in total. The Morgan fingerprint density at radius 2 is 1.77 bits per heavy atom. The Labute approximate surface area is 177 Å². The van der Waals surface area contributed by atoms with Crippen molar-refractivity contribution in [1.29, 1.82) is 0 Å². The summed E-state index contributed by atoms with van der Waals surface area (Å²) < 4.78 is 33.2. The maximum absolute atomic E-state index is 12.3. The van der Waals surface area contributed by atoms with E-state index in [1.54, 1.807) is 36.4 Å². The fourth-order valence-corrected chi connectivity index (χ4v) is 4.19. The molecule has 0 fully saturated rings. The summed E-state index contributed by atoms with van der Waals surface area (Å²) in [5.74, 6) is -0.388. The Bertz CT molecular complexity index is 1320. The fraction of sp³-hybridized carbons (Fsp3) is 0.0476. The third kappa shape index (κ3) is 4.28. The highest BCUT2D eigenvalue weighted by Crippen LogP contribution is 2.26. The molecule has 0 unspecified atom stereocenters. The molecular weight excluding hydrogens is 422 g/mol. The molecule has 4 rings (SSSR count). The first-order valence-electron chi connectivity index (χ1n) is 9.05. The summed E-state index contributed by atoms with van der Waals surface area (Å²) in [5, 5.41) is 13.8. The highest BCUT2D eigenvalue weighted by atomic mass is 32.2. The molecule has 1 aliphatic rings. The van der Waals surface area contributed by atoms with Crippen LogP contribution in [0.4, 0.5) is 11.4 Å². The van der Waals surface area contributed by atoms with E-state index in [0.29, 0.717) is 16.8 Å². The standard InChI is InChI=1S/C21H15N3O6S/c25-21(30-13-14-4-3-5-17(12-14)24(26)27)15-8-10-16(11-9-15)22-20-18-6-1-2-7-19(18)31(28,29)23-20/h1-12H,13H2,(H,22,23). The second-order valence-corrected chi connectivity index (χ2v) is 8.19. The summed E-state index contributed by atoms with van der Waals surface area (Å²) in [5.41, 5.74) is 1.71. The van der Waals surface area contributed by atoms with Crippen LogP contribution in [0.1, 0.15) is 21.5 Å². The van der Waals surface area contributed by atoms with Gasteiger partial charge in [-0.2, -0.15) is 8.42 Å². The Kier molecular flexibility index (Phi) is 5.22. The van der Waals surface area contributed by atoms with Crippen molar-refractivity contribution in [3.05, 3.63) is 99.6 Å². The number of nitrogens with one attached hydrogen (secondary N) is 1. The Morgan fingerprint density at radius 1 is 1.03 bits per heavy atom. The summed E-state index contributed by atoms with van der Waals surface area (Å²) in [6, 6.07) is 18.6. The van der Waals surface area contributed by atoms with Gasteiger partial charge < -0.3 is 10.1 Å². The van der Waals surface area contributed by atoms with Crippen LogP contribution in [0.2, 0.25) is 0 Å². The van der Waals surface area contributed by atoms with Gasteiger partial charge in [-0.25, -0.2) is 4.79 Å². The second-order valence-electron chi connectivity index (χ2n) is 6.62. The Balaban J connectivity index is 1.42. The van der Waals surface area contributed by atoms with Gasteiger partial charge in [-0.05, 0) is 42.0 Å². The van der Waals surface area contributed by atoms with Crippen molar-refractivity contribution in [2.45, 2.75) is 11.5 Å². The van der Waals surface area contributed by atoms with Crippen LogP contribution >= 0.6 is 0 Å². The number of ether oxygens (including phenoxy) is 1. The number of carbonyl (C=O) groups excluding carboxylic acids is 1. The number of non-ortho nitro benzene ring substituents is 1. The van der Waals surface area contributed by atoms with Gasteiger partial charge in [-0.3, -0.25) is 10.1 Å². The Hall–Kier alpha value is -4.05. The van der Waals surface area contributed by atoms with Gasteiger partial charge in [-0.1, -0.05) is 24.3 Å². The number of benzene rings is 3. The molecule has 1 aliphatic heterocycles. The number of nitro groups is 1. The number of hydrogen-bond donors (Lipinski definition) is 1. The van der Waals surface area contributed by atoms with E-state index in [0.717, 1.165) is 0 Å². The van der Waals surface area contributed by atoms with Gasteiger partial charge in [-0.15, -0.1) is 4.40 Å². The quantitative estimate of drug-likeness (QED) is 0.367. The lowest BCUT2D eigenvalue weighted by Crippen LogP contribution is -2.11. The number of fused-ring (bicyclic) bond motifs is 1. The molecule has 1 heterocycles. The molecular formula is C21H15N3O6S. The van der Waals surface area contributed by atoms with E-state index in [1.165, 1.54) is 36.4 Å². The monoisotopic (exact) mass is 437 g/mol. The number of nitro benzene ring substituents is 1. The Morgan fingerprint density at radius 3 is 2.52 bits per heavy atom. The minimum atomic E-state index is -3.73. The largest absolute Gasteiger partial charge is 0.457 e. The highest BCUT2D eigenvalue weighted by molar-refractivity contribution is 7.90. The summed E-state index contributed by atoms with van der Waals surface area (Å²) >= 11 is 0. The number of sulfonamides is 1. The summed E-state index contributed by atoms with van der Waals surface area (Å²) in [6.45, 7) is -0.105. The number of esters is 1. The van der Waals surface area contributed by atoms with E-state index in [9.17, 15) is 23.3 Å². The number of rotatable bonds is 5. The lowest BCUT2D eigenvalue weighted by Gasteiger charge is -2.08. The van der Waals surface area contributed by atoms with E-state index < -0.39 is 20.9 Å². The molecule has 0 saturated carbocycles. The minimum Gasteiger partial charge on any atom is -0.457 e. The lowest BCUT2D eigenvalue weighted by atomic mass is 10.1. The molecule has 31 heavy (non-hydrogen) atoms. The number of carbonyl (C=O) groups is 1. The first kappa shape index (κ1) is 20.2. The minimum absolute atomic E-state index is 0.0811. The number of hydrogen-bond acceptors (Lipinski definition) is 7. The van der Waals surface area contributed by atoms with Crippen LogP contribution in [-0.4, -0.2) is 25.1 Å². The van der Waals surface area contributed by atoms with Crippen LogP contribution in [0.5, 0.6) is 0 Å². The van der Waals surface area contributed by atoms with Crippen molar-refractivity contribution in [3.63, 3.8) is 0 Å². The maximum atomic E-state index is 12.3. The molecule has 0 radical (unpaired) electrons. The zero-order chi connectivity index (χ0) is 22.0. The predicted octanol–water partition coefficient (Wildman–Crippen LogP) is 3.51. The molecule has 0 aromatic heterocycles. The SMILES string of the molecule is O=C(OCc1cccc([N+](=O)[O-])c1)c1ccc(NC2=NS(=O)(=O)c3ccccc32)cc1.